The van der Waals surface area contributed by atoms with E-state index in [1.54, 1.807) is 36.7 Å². The van der Waals surface area contributed by atoms with Crippen molar-refractivity contribution in [3.63, 3.8) is 0 Å². The van der Waals surface area contributed by atoms with Crippen molar-refractivity contribution >= 4 is 5.91 Å². The number of aromatic nitrogens is 3. The Balaban J connectivity index is 1.61. The fourth-order valence-electron chi connectivity index (χ4n) is 2.52. The van der Waals surface area contributed by atoms with Gasteiger partial charge >= 0.3 is 0 Å². The highest BCUT2D eigenvalue weighted by Crippen LogP contribution is 2.18. The van der Waals surface area contributed by atoms with E-state index in [2.05, 4.69) is 20.5 Å². The summed E-state index contributed by atoms with van der Waals surface area (Å²) in [6.07, 6.45) is 4.12. The lowest BCUT2D eigenvalue weighted by Gasteiger charge is -2.16. The number of para-hydroxylation sites is 1. The van der Waals surface area contributed by atoms with Crippen LogP contribution < -0.4 is 10.1 Å². The highest BCUT2D eigenvalue weighted by atomic mass is 19.1. The van der Waals surface area contributed by atoms with Crippen molar-refractivity contribution in [2.75, 3.05) is 0 Å². The summed E-state index contributed by atoms with van der Waals surface area (Å²) in [4.78, 5) is 16.4. The molecule has 134 valence electrons. The normalized spacial score (nSPS) is 11.8. The Morgan fingerprint density at radius 2 is 2.04 bits per heavy atom. The summed E-state index contributed by atoms with van der Waals surface area (Å²) in [5.74, 6) is -0.577. The van der Waals surface area contributed by atoms with Crippen LogP contribution >= 0.6 is 0 Å². The van der Waals surface area contributed by atoms with Crippen LogP contribution in [0.2, 0.25) is 0 Å². The molecular formula is C19H19FN4O2. The molecule has 3 rings (SSSR count). The maximum absolute atomic E-state index is 13.6. The Morgan fingerprint density at radius 3 is 2.77 bits per heavy atom. The molecule has 2 N–H and O–H groups in total. The van der Waals surface area contributed by atoms with E-state index in [1.807, 2.05) is 19.1 Å². The van der Waals surface area contributed by atoms with E-state index in [1.165, 1.54) is 6.07 Å². The second kappa shape index (κ2) is 8.24. The summed E-state index contributed by atoms with van der Waals surface area (Å²) in [6.45, 7) is 2.08. The lowest BCUT2D eigenvalue weighted by molar-refractivity contribution is 0.0930. The average molecular weight is 354 g/mol. The van der Waals surface area contributed by atoms with Crippen molar-refractivity contribution in [2.24, 2.45) is 0 Å². The predicted molar refractivity (Wildman–Crippen MR) is 94.1 cm³/mol. The van der Waals surface area contributed by atoms with Crippen LogP contribution in [-0.4, -0.2) is 21.1 Å². The summed E-state index contributed by atoms with van der Waals surface area (Å²) in [6, 6.07) is 11.3. The Kier molecular flexibility index (Phi) is 5.58. The van der Waals surface area contributed by atoms with Crippen molar-refractivity contribution in [1.82, 2.24) is 20.5 Å². The van der Waals surface area contributed by atoms with Gasteiger partial charge < -0.3 is 10.1 Å². The molecule has 1 amide bonds. The van der Waals surface area contributed by atoms with Gasteiger partial charge in [0, 0.05) is 12.4 Å². The number of amides is 1. The second-order valence-electron chi connectivity index (χ2n) is 5.71. The predicted octanol–water partition coefficient (Wildman–Crippen LogP) is 3.40. The number of pyridine rings is 1. The lowest BCUT2D eigenvalue weighted by atomic mass is 10.1. The molecule has 0 fully saturated rings. The first-order valence-corrected chi connectivity index (χ1v) is 8.29. The van der Waals surface area contributed by atoms with Gasteiger partial charge in [0.15, 0.2) is 11.6 Å². The minimum absolute atomic E-state index is 0.0861. The number of ether oxygens (including phenoxy) is 1. The highest BCUT2D eigenvalue weighted by Gasteiger charge is 2.16. The third-order valence-electron chi connectivity index (χ3n) is 3.91. The maximum Gasteiger partial charge on any atom is 0.272 e. The van der Waals surface area contributed by atoms with Gasteiger partial charge in [-0.25, -0.2) is 4.39 Å². The van der Waals surface area contributed by atoms with E-state index in [0.717, 1.165) is 12.0 Å². The number of halogens is 1. The van der Waals surface area contributed by atoms with Crippen LogP contribution in [-0.2, 0) is 6.61 Å². The fourth-order valence-corrected chi connectivity index (χ4v) is 2.52. The zero-order valence-corrected chi connectivity index (χ0v) is 14.3. The molecule has 0 aliphatic rings. The number of benzene rings is 1. The molecular weight excluding hydrogens is 335 g/mol. The zero-order valence-electron chi connectivity index (χ0n) is 14.3. The standard InChI is InChI=1S/C19H19FN4O2/c1-2-16(13-7-9-21-10-8-13)22-19(25)17-11-14(23-24-17)12-26-18-6-4-3-5-15(18)20/h3-11,16H,2,12H2,1H3,(H,22,25)(H,23,24). The molecule has 3 aromatic rings. The van der Waals surface area contributed by atoms with Gasteiger partial charge in [-0.05, 0) is 42.3 Å². The monoisotopic (exact) mass is 354 g/mol. The number of nitrogens with one attached hydrogen (secondary N) is 2. The third kappa shape index (κ3) is 4.24. The summed E-state index contributed by atoms with van der Waals surface area (Å²) >= 11 is 0. The second-order valence-corrected chi connectivity index (χ2v) is 5.71. The topological polar surface area (TPSA) is 79.9 Å². The molecule has 1 aromatic carbocycles. The Bertz CT molecular complexity index is 867. The van der Waals surface area contributed by atoms with Gasteiger partial charge in [-0.15, -0.1) is 0 Å². The molecule has 0 saturated carbocycles. The quantitative estimate of drug-likeness (QED) is 0.681. The molecule has 1 atom stereocenters. The van der Waals surface area contributed by atoms with Crippen molar-refractivity contribution in [3.8, 4) is 5.75 Å². The maximum atomic E-state index is 13.6. The van der Waals surface area contributed by atoms with Crippen molar-refractivity contribution < 1.29 is 13.9 Å². The largest absolute Gasteiger partial charge is 0.484 e. The molecule has 0 aliphatic heterocycles. The van der Waals surface area contributed by atoms with E-state index < -0.39 is 5.82 Å². The summed E-state index contributed by atoms with van der Waals surface area (Å²) in [5, 5.41) is 9.69. The number of nitrogens with zero attached hydrogens (tertiary/aromatic N) is 2. The molecule has 0 saturated heterocycles. The van der Waals surface area contributed by atoms with Crippen LogP contribution in [0.3, 0.4) is 0 Å². The first-order valence-electron chi connectivity index (χ1n) is 8.29. The van der Waals surface area contributed by atoms with Gasteiger partial charge in [-0.2, -0.15) is 5.10 Å². The lowest BCUT2D eigenvalue weighted by Crippen LogP contribution is -2.28. The van der Waals surface area contributed by atoms with E-state index in [9.17, 15) is 9.18 Å². The Morgan fingerprint density at radius 1 is 1.27 bits per heavy atom. The molecule has 2 aromatic heterocycles. The Labute approximate surface area is 150 Å². The van der Waals surface area contributed by atoms with Gasteiger partial charge in [-0.3, -0.25) is 14.9 Å². The van der Waals surface area contributed by atoms with E-state index in [0.29, 0.717) is 5.69 Å². The number of carbonyl (C=O) groups is 1. The van der Waals surface area contributed by atoms with Crippen LogP contribution in [0, 0.1) is 5.82 Å². The van der Waals surface area contributed by atoms with Gasteiger partial charge in [0.1, 0.15) is 12.3 Å². The van der Waals surface area contributed by atoms with Crippen molar-refractivity contribution in [1.29, 1.82) is 0 Å². The van der Waals surface area contributed by atoms with Gasteiger partial charge in [0.05, 0.1) is 11.7 Å². The molecule has 0 aliphatic carbocycles. The number of carbonyl (C=O) groups excluding carboxylic acids is 1. The van der Waals surface area contributed by atoms with Crippen molar-refractivity contribution in [2.45, 2.75) is 26.0 Å². The number of aromatic amines is 1. The van der Waals surface area contributed by atoms with E-state index >= 15 is 0 Å². The third-order valence-corrected chi connectivity index (χ3v) is 3.91. The van der Waals surface area contributed by atoms with Gasteiger partial charge in [-0.1, -0.05) is 19.1 Å². The molecule has 7 heteroatoms. The van der Waals surface area contributed by atoms with E-state index in [-0.39, 0.29) is 30.0 Å². The minimum atomic E-state index is -0.437. The minimum Gasteiger partial charge on any atom is -0.484 e. The number of rotatable bonds is 7. The fraction of sp³-hybridized carbons (Fsp3) is 0.211. The van der Waals surface area contributed by atoms with Crippen LogP contribution in [0.25, 0.3) is 0 Å². The smallest absolute Gasteiger partial charge is 0.272 e. The molecule has 0 spiro atoms. The summed E-state index contributed by atoms with van der Waals surface area (Å²) in [5.41, 5.74) is 1.81. The molecule has 0 radical (unpaired) electrons. The number of H-pyrrole nitrogens is 1. The van der Waals surface area contributed by atoms with Crippen LogP contribution in [0.15, 0.2) is 54.9 Å². The van der Waals surface area contributed by atoms with Crippen LogP contribution in [0.1, 0.15) is 41.1 Å². The first kappa shape index (κ1) is 17.6. The molecule has 6 nitrogen and oxygen atoms in total. The van der Waals surface area contributed by atoms with Gasteiger partial charge in [0.2, 0.25) is 0 Å². The zero-order chi connectivity index (χ0) is 18.4. The SMILES string of the molecule is CCC(NC(=O)c1cc(COc2ccccc2F)[nH]n1)c1ccncc1. The number of hydrogen-bond acceptors (Lipinski definition) is 4. The number of hydrogen-bond donors (Lipinski definition) is 2. The molecule has 26 heavy (non-hydrogen) atoms. The Hall–Kier alpha value is -3.22. The van der Waals surface area contributed by atoms with E-state index in [4.69, 9.17) is 4.74 Å². The molecule has 0 bridgehead atoms. The van der Waals surface area contributed by atoms with Gasteiger partial charge in [0.25, 0.3) is 5.91 Å². The summed E-state index contributed by atoms with van der Waals surface area (Å²) < 4.78 is 19.0. The molecule has 1 unspecified atom stereocenters. The first-order chi connectivity index (χ1) is 12.7. The van der Waals surface area contributed by atoms with Crippen LogP contribution in [0.4, 0.5) is 4.39 Å². The van der Waals surface area contributed by atoms with Crippen molar-refractivity contribution in [3.05, 3.63) is 77.6 Å². The van der Waals surface area contributed by atoms with Crippen LogP contribution in [0.5, 0.6) is 5.75 Å². The average Bonchev–Trinajstić information content (AvgIpc) is 3.15. The molecule has 2 heterocycles. The highest BCUT2D eigenvalue weighted by molar-refractivity contribution is 5.92. The summed E-state index contributed by atoms with van der Waals surface area (Å²) in [7, 11) is 0.